The van der Waals surface area contributed by atoms with Crippen molar-refractivity contribution in [1.29, 1.82) is 0 Å². The van der Waals surface area contributed by atoms with Gasteiger partial charge in [-0.15, -0.1) is 0 Å². The number of amides is 1. The van der Waals surface area contributed by atoms with Gasteiger partial charge in [0.25, 0.3) is 0 Å². The lowest BCUT2D eigenvalue weighted by Crippen LogP contribution is -2.29. The monoisotopic (exact) mass is 460 g/mol. The van der Waals surface area contributed by atoms with Crippen LogP contribution in [0, 0.1) is 11.8 Å². The summed E-state index contributed by atoms with van der Waals surface area (Å²) in [6, 6.07) is 15.2. The molecular weight excluding hydrogens is 437 g/mol. The first-order chi connectivity index (χ1) is 15.2. The molecule has 168 valence electrons. The minimum absolute atomic E-state index is 0.0202. The molecule has 0 radical (unpaired) electrons. The Labute approximate surface area is 190 Å². The highest BCUT2D eigenvalue weighted by molar-refractivity contribution is 6.30. The van der Waals surface area contributed by atoms with Gasteiger partial charge in [-0.25, -0.2) is 4.98 Å². The number of para-hydroxylation sites is 1. The number of nitrogens with one attached hydrogen (secondary N) is 1. The van der Waals surface area contributed by atoms with Crippen LogP contribution in [0.15, 0.2) is 54.6 Å². The highest BCUT2D eigenvalue weighted by Gasteiger charge is 2.35. The van der Waals surface area contributed by atoms with Gasteiger partial charge >= 0.3 is 6.18 Å². The van der Waals surface area contributed by atoms with Gasteiger partial charge in [-0.3, -0.25) is 4.79 Å². The van der Waals surface area contributed by atoms with Gasteiger partial charge in [0.1, 0.15) is 5.69 Å². The molecule has 1 aromatic heterocycles. The highest BCUT2D eigenvalue weighted by Crippen LogP contribution is 2.42. The van der Waals surface area contributed by atoms with E-state index in [2.05, 4.69) is 10.3 Å². The van der Waals surface area contributed by atoms with Crippen molar-refractivity contribution in [3.63, 3.8) is 0 Å². The number of anilines is 1. The number of carbonyl (C=O) groups is 1. The highest BCUT2D eigenvalue weighted by atomic mass is 35.5. The molecule has 4 rings (SSSR count). The average molecular weight is 461 g/mol. The number of halogens is 4. The van der Waals surface area contributed by atoms with E-state index in [9.17, 15) is 18.0 Å². The molecule has 1 saturated carbocycles. The minimum Gasteiger partial charge on any atom is -0.326 e. The first-order valence-corrected chi connectivity index (χ1v) is 11.1. The lowest BCUT2D eigenvalue weighted by molar-refractivity contribution is -0.141. The van der Waals surface area contributed by atoms with E-state index in [4.69, 9.17) is 11.6 Å². The second-order valence-corrected chi connectivity index (χ2v) is 8.94. The van der Waals surface area contributed by atoms with Crippen molar-refractivity contribution < 1.29 is 18.0 Å². The molecule has 1 N–H and O–H groups in total. The number of rotatable bonds is 4. The largest absolute Gasteiger partial charge is 0.433 e. The van der Waals surface area contributed by atoms with Crippen LogP contribution in [-0.2, 0) is 11.0 Å². The fourth-order valence-electron chi connectivity index (χ4n) is 4.62. The molecule has 32 heavy (non-hydrogen) atoms. The van der Waals surface area contributed by atoms with E-state index in [1.54, 1.807) is 36.4 Å². The van der Waals surface area contributed by atoms with Crippen molar-refractivity contribution in [2.45, 2.75) is 44.7 Å². The molecule has 0 aliphatic heterocycles. The second-order valence-electron chi connectivity index (χ2n) is 8.51. The molecule has 1 heterocycles. The van der Waals surface area contributed by atoms with E-state index in [-0.39, 0.29) is 23.7 Å². The molecule has 3 nitrogen and oxygen atoms in total. The molecule has 0 bridgehead atoms. The Kier molecular flexibility index (Phi) is 6.42. The van der Waals surface area contributed by atoms with Gasteiger partial charge in [0.15, 0.2) is 0 Å². The molecule has 1 amide bonds. The van der Waals surface area contributed by atoms with Crippen LogP contribution in [0.5, 0.6) is 0 Å². The Bertz CT molecular complexity index is 1110. The number of aromatic nitrogens is 1. The quantitative estimate of drug-likeness (QED) is 0.439. The maximum absolute atomic E-state index is 13.4. The lowest BCUT2D eigenvalue weighted by Gasteiger charge is -2.32. The molecule has 0 saturated heterocycles. The Morgan fingerprint density at radius 1 is 1.06 bits per heavy atom. The summed E-state index contributed by atoms with van der Waals surface area (Å²) in [7, 11) is 0. The summed E-state index contributed by atoms with van der Waals surface area (Å²) in [5, 5.41) is 4.31. The number of alkyl halides is 3. The standard InChI is InChI=1S/C25H24ClF3N2O/c1-15(24(32)30-19-12-10-18(26)11-13-19)16-6-8-17(9-7-16)21-14-23(25(27,28)29)31-22-5-3-2-4-20(21)22/h2-5,10-17H,6-9H2,1H3,(H,30,32)/t15-,16-,17+/m1/s1. The van der Waals surface area contributed by atoms with Crippen molar-refractivity contribution in [1.82, 2.24) is 4.98 Å². The third kappa shape index (κ3) is 4.90. The van der Waals surface area contributed by atoms with E-state index in [0.717, 1.165) is 31.1 Å². The molecule has 1 atom stereocenters. The Morgan fingerprint density at radius 3 is 2.38 bits per heavy atom. The summed E-state index contributed by atoms with van der Waals surface area (Å²) in [6.07, 6.45) is -1.41. The lowest BCUT2D eigenvalue weighted by atomic mass is 9.73. The van der Waals surface area contributed by atoms with Crippen LogP contribution in [0.2, 0.25) is 5.02 Å². The van der Waals surface area contributed by atoms with Gasteiger partial charge in [0, 0.05) is 22.0 Å². The summed E-state index contributed by atoms with van der Waals surface area (Å²) in [4.78, 5) is 16.5. The first-order valence-electron chi connectivity index (χ1n) is 10.8. The molecule has 3 aromatic rings. The van der Waals surface area contributed by atoms with Crippen LogP contribution in [0.3, 0.4) is 0 Å². The van der Waals surface area contributed by atoms with Gasteiger partial charge < -0.3 is 5.32 Å². The summed E-state index contributed by atoms with van der Waals surface area (Å²) >= 11 is 5.89. The van der Waals surface area contributed by atoms with Crippen molar-refractivity contribution >= 4 is 34.1 Å². The molecule has 7 heteroatoms. The summed E-state index contributed by atoms with van der Waals surface area (Å²) in [6.45, 7) is 1.92. The smallest absolute Gasteiger partial charge is 0.326 e. The van der Waals surface area contributed by atoms with Gasteiger partial charge in [0.05, 0.1) is 5.52 Å². The van der Waals surface area contributed by atoms with Crippen molar-refractivity contribution in [3.05, 3.63) is 70.9 Å². The number of hydrogen-bond acceptors (Lipinski definition) is 2. The van der Waals surface area contributed by atoms with Crippen molar-refractivity contribution in [2.75, 3.05) is 5.32 Å². The van der Waals surface area contributed by atoms with Crippen LogP contribution >= 0.6 is 11.6 Å². The van der Waals surface area contributed by atoms with Gasteiger partial charge in [-0.2, -0.15) is 13.2 Å². The van der Waals surface area contributed by atoms with E-state index in [1.807, 2.05) is 19.1 Å². The molecule has 0 spiro atoms. The number of pyridine rings is 1. The fourth-order valence-corrected chi connectivity index (χ4v) is 4.74. The molecule has 1 aliphatic carbocycles. The number of fused-ring (bicyclic) bond motifs is 1. The van der Waals surface area contributed by atoms with Crippen LogP contribution in [0.1, 0.15) is 49.8 Å². The van der Waals surface area contributed by atoms with Gasteiger partial charge in [-0.1, -0.05) is 36.7 Å². The molecule has 1 aliphatic rings. The maximum Gasteiger partial charge on any atom is 0.433 e. The fraction of sp³-hybridized carbons (Fsp3) is 0.360. The van der Waals surface area contributed by atoms with E-state index < -0.39 is 11.9 Å². The maximum atomic E-state index is 13.4. The number of nitrogens with zero attached hydrogens (tertiary/aromatic N) is 1. The topological polar surface area (TPSA) is 42.0 Å². The van der Waals surface area contributed by atoms with Crippen LogP contribution < -0.4 is 5.32 Å². The zero-order valence-electron chi connectivity index (χ0n) is 17.6. The van der Waals surface area contributed by atoms with E-state index in [1.165, 1.54) is 6.07 Å². The Balaban J connectivity index is 1.47. The minimum atomic E-state index is -4.48. The third-order valence-corrected chi connectivity index (χ3v) is 6.73. The molecule has 1 fully saturated rings. The Hall–Kier alpha value is -2.60. The molecule has 0 unspecified atom stereocenters. The number of benzene rings is 2. The summed E-state index contributed by atoms with van der Waals surface area (Å²) in [5.41, 5.74) is 0.932. The van der Waals surface area contributed by atoms with E-state index >= 15 is 0 Å². The summed E-state index contributed by atoms with van der Waals surface area (Å²) in [5.74, 6) is -0.0310. The normalized spacial score (nSPS) is 20.2. The zero-order chi connectivity index (χ0) is 22.9. The molecular formula is C25H24ClF3N2O. The first kappa shape index (κ1) is 22.6. The van der Waals surface area contributed by atoms with E-state index in [0.29, 0.717) is 21.8 Å². The predicted octanol–water partition coefficient (Wildman–Crippen LogP) is 7.46. The predicted molar refractivity (Wildman–Crippen MR) is 121 cm³/mol. The van der Waals surface area contributed by atoms with Crippen LogP contribution in [0.4, 0.5) is 18.9 Å². The van der Waals surface area contributed by atoms with Crippen molar-refractivity contribution in [2.24, 2.45) is 11.8 Å². The second kappa shape index (κ2) is 9.10. The van der Waals surface area contributed by atoms with Gasteiger partial charge in [-0.05, 0) is 79.5 Å². The number of carbonyl (C=O) groups excluding carboxylic acids is 1. The van der Waals surface area contributed by atoms with Crippen molar-refractivity contribution in [3.8, 4) is 0 Å². The summed E-state index contributed by atoms with van der Waals surface area (Å²) < 4.78 is 40.2. The number of hydrogen-bond donors (Lipinski definition) is 1. The average Bonchev–Trinajstić information content (AvgIpc) is 2.79. The van der Waals surface area contributed by atoms with Gasteiger partial charge in [0.2, 0.25) is 5.91 Å². The third-order valence-electron chi connectivity index (χ3n) is 6.48. The zero-order valence-corrected chi connectivity index (χ0v) is 18.4. The SMILES string of the molecule is C[C@@H](C(=O)Nc1ccc(Cl)cc1)[C@H]1CC[C@@H](c2cc(C(F)(F)F)nc3ccccc32)CC1. The van der Waals surface area contributed by atoms with Crippen LogP contribution in [0.25, 0.3) is 10.9 Å². The van der Waals surface area contributed by atoms with Crippen LogP contribution in [-0.4, -0.2) is 10.9 Å². The Morgan fingerprint density at radius 2 is 1.72 bits per heavy atom. The molecule has 2 aromatic carbocycles.